The molecule has 0 fully saturated rings. The molecule has 1 N–H and O–H groups in total. The number of benzene rings is 1. The standard InChI is InChI=1S/C14H16Cl2N2OS/c1-5-8-19-12-9-10(6-7-11(12)15)18(17-16)13(20)14(2,3)4/h1,6-7,9,17H,8H2,2-4H3. The molecule has 0 amide bonds. The average Bonchev–Trinajstić information content (AvgIpc) is 2.38. The van der Waals surface area contributed by atoms with Gasteiger partial charge in [0.05, 0.1) is 10.7 Å². The Bertz CT molecular complexity index is 535. The van der Waals surface area contributed by atoms with Gasteiger partial charge < -0.3 is 4.74 Å². The summed E-state index contributed by atoms with van der Waals surface area (Å²) >= 11 is 17.3. The summed E-state index contributed by atoms with van der Waals surface area (Å²) in [6.45, 7) is 6.15. The van der Waals surface area contributed by atoms with E-state index in [1.807, 2.05) is 20.8 Å². The van der Waals surface area contributed by atoms with Gasteiger partial charge in [-0.25, -0.2) is 0 Å². The van der Waals surface area contributed by atoms with Crippen molar-refractivity contribution in [3.8, 4) is 18.1 Å². The number of nitrogens with zero attached hydrogens (tertiary/aromatic N) is 1. The zero-order valence-electron chi connectivity index (χ0n) is 11.5. The second kappa shape index (κ2) is 7.14. The second-order valence-corrected chi connectivity index (χ2v) is 6.05. The number of ether oxygens (including phenoxy) is 1. The van der Waals surface area contributed by atoms with Gasteiger partial charge in [0.15, 0.2) is 0 Å². The van der Waals surface area contributed by atoms with Gasteiger partial charge in [-0.2, -0.15) is 0 Å². The summed E-state index contributed by atoms with van der Waals surface area (Å²) in [4.78, 5) is 3.19. The molecule has 0 saturated heterocycles. The molecule has 1 aromatic carbocycles. The maximum Gasteiger partial charge on any atom is 0.148 e. The maximum absolute atomic E-state index is 6.05. The maximum atomic E-state index is 6.05. The first kappa shape index (κ1) is 17.1. The third-order valence-corrected chi connectivity index (χ3v) is 3.69. The van der Waals surface area contributed by atoms with Gasteiger partial charge in [-0.1, -0.05) is 50.5 Å². The summed E-state index contributed by atoms with van der Waals surface area (Å²) in [7, 11) is 0. The van der Waals surface area contributed by atoms with Crippen LogP contribution in [0.2, 0.25) is 5.02 Å². The molecule has 108 valence electrons. The lowest BCUT2D eigenvalue weighted by Crippen LogP contribution is -2.43. The SMILES string of the molecule is C#CCOc1cc(N(NCl)C(=S)C(C)(C)C)ccc1Cl. The molecule has 0 aliphatic heterocycles. The van der Waals surface area contributed by atoms with Crippen molar-refractivity contribution in [1.82, 2.24) is 4.94 Å². The Labute approximate surface area is 135 Å². The molecule has 3 nitrogen and oxygen atoms in total. The first-order valence-corrected chi connectivity index (χ1v) is 7.04. The third kappa shape index (κ3) is 4.26. The number of rotatable bonds is 4. The molecule has 0 saturated carbocycles. The fourth-order valence-corrected chi connectivity index (χ4v) is 1.96. The Kier molecular flexibility index (Phi) is 6.09. The van der Waals surface area contributed by atoms with E-state index in [-0.39, 0.29) is 12.0 Å². The van der Waals surface area contributed by atoms with Crippen molar-refractivity contribution in [2.24, 2.45) is 5.41 Å². The molecule has 0 radical (unpaired) electrons. The zero-order valence-corrected chi connectivity index (χ0v) is 13.9. The molecule has 6 heteroatoms. The quantitative estimate of drug-likeness (QED) is 0.387. The van der Waals surface area contributed by atoms with Crippen LogP contribution in [-0.2, 0) is 0 Å². The summed E-state index contributed by atoms with van der Waals surface area (Å²) in [5.41, 5.74) is 0.493. The van der Waals surface area contributed by atoms with Gasteiger partial charge in [0.25, 0.3) is 0 Å². The number of hydrazine groups is 1. The van der Waals surface area contributed by atoms with Gasteiger partial charge in [-0.3, -0.25) is 5.01 Å². The minimum absolute atomic E-state index is 0.140. The molecule has 1 rings (SSSR count). The molecule has 0 unspecified atom stereocenters. The van der Waals surface area contributed by atoms with E-state index in [2.05, 4.69) is 10.9 Å². The fraction of sp³-hybridized carbons (Fsp3) is 0.357. The molecule has 0 aliphatic carbocycles. The molecule has 0 heterocycles. The fourth-order valence-electron chi connectivity index (χ4n) is 1.40. The van der Waals surface area contributed by atoms with Crippen molar-refractivity contribution in [2.75, 3.05) is 11.6 Å². The second-order valence-electron chi connectivity index (χ2n) is 5.08. The van der Waals surface area contributed by atoms with Crippen LogP contribution in [0.25, 0.3) is 0 Å². The number of terminal acetylenes is 1. The lowest BCUT2D eigenvalue weighted by Gasteiger charge is -2.30. The molecule has 1 aromatic rings. The van der Waals surface area contributed by atoms with Crippen LogP contribution in [0.15, 0.2) is 18.2 Å². The Morgan fingerprint density at radius 2 is 2.15 bits per heavy atom. The van der Waals surface area contributed by atoms with Crippen molar-refractivity contribution in [3.05, 3.63) is 23.2 Å². The number of hydrogen-bond donors (Lipinski definition) is 1. The van der Waals surface area contributed by atoms with Crippen molar-refractivity contribution < 1.29 is 4.74 Å². The normalized spacial score (nSPS) is 10.8. The summed E-state index contributed by atoms with van der Waals surface area (Å²) in [6, 6.07) is 5.22. The smallest absolute Gasteiger partial charge is 0.148 e. The molecule has 0 aliphatic rings. The van der Waals surface area contributed by atoms with Crippen LogP contribution < -0.4 is 14.7 Å². The predicted octanol–water partition coefficient (Wildman–Crippen LogP) is 4.19. The highest BCUT2D eigenvalue weighted by Gasteiger charge is 2.24. The van der Waals surface area contributed by atoms with E-state index < -0.39 is 0 Å². The average molecular weight is 331 g/mol. The summed E-state index contributed by atoms with van der Waals surface area (Å²) in [5.74, 6) is 2.87. The molecule has 0 aromatic heterocycles. The lowest BCUT2D eigenvalue weighted by atomic mass is 9.96. The van der Waals surface area contributed by atoms with Crippen LogP contribution in [0, 0.1) is 17.8 Å². The number of thiocarbonyl (C=S) groups is 1. The van der Waals surface area contributed by atoms with Gasteiger partial charge in [0.2, 0.25) is 0 Å². The van der Waals surface area contributed by atoms with E-state index in [0.717, 1.165) is 5.69 Å². The van der Waals surface area contributed by atoms with Gasteiger partial charge in [-0.15, -0.1) is 11.4 Å². The predicted molar refractivity (Wildman–Crippen MR) is 89.3 cm³/mol. The highest BCUT2D eigenvalue weighted by Crippen LogP contribution is 2.31. The van der Waals surface area contributed by atoms with Gasteiger partial charge in [0, 0.05) is 11.5 Å². The third-order valence-electron chi connectivity index (χ3n) is 2.41. The molecule has 0 bridgehead atoms. The van der Waals surface area contributed by atoms with E-state index in [4.69, 9.17) is 46.8 Å². The number of hydrogen-bond acceptors (Lipinski definition) is 3. The number of anilines is 1. The van der Waals surface area contributed by atoms with Gasteiger partial charge in [0.1, 0.15) is 17.3 Å². The minimum Gasteiger partial charge on any atom is -0.479 e. The first-order chi connectivity index (χ1) is 9.31. The minimum atomic E-state index is -0.226. The van der Waals surface area contributed by atoms with Crippen molar-refractivity contribution in [2.45, 2.75) is 20.8 Å². The van der Waals surface area contributed by atoms with E-state index in [0.29, 0.717) is 15.8 Å². The van der Waals surface area contributed by atoms with E-state index in [1.54, 1.807) is 23.2 Å². The van der Waals surface area contributed by atoms with Crippen LogP contribution >= 0.6 is 35.6 Å². The van der Waals surface area contributed by atoms with Crippen molar-refractivity contribution in [1.29, 1.82) is 0 Å². The Hall–Kier alpha value is -0.990. The monoisotopic (exact) mass is 330 g/mol. The Morgan fingerprint density at radius 3 is 2.65 bits per heavy atom. The Morgan fingerprint density at radius 1 is 1.50 bits per heavy atom. The molecular weight excluding hydrogens is 315 g/mol. The summed E-state index contributed by atoms with van der Waals surface area (Å²) in [5, 5.41) is 2.07. The zero-order chi connectivity index (χ0) is 15.3. The first-order valence-electron chi connectivity index (χ1n) is 5.88. The van der Waals surface area contributed by atoms with Crippen molar-refractivity contribution >= 4 is 46.3 Å². The summed E-state index contributed by atoms with van der Waals surface area (Å²) in [6.07, 6.45) is 5.17. The van der Waals surface area contributed by atoms with Crippen LogP contribution in [0.1, 0.15) is 20.8 Å². The Balaban J connectivity index is 3.11. The summed E-state index contributed by atoms with van der Waals surface area (Å²) < 4.78 is 5.38. The highest BCUT2D eigenvalue weighted by atomic mass is 35.5. The van der Waals surface area contributed by atoms with Crippen LogP contribution in [0.5, 0.6) is 5.75 Å². The van der Waals surface area contributed by atoms with E-state index in [1.165, 1.54) is 0 Å². The van der Waals surface area contributed by atoms with Crippen LogP contribution in [0.3, 0.4) is 0 Å². The molecule has 0 atom stereocenters. The topological polar surface area (TPSA) is 24.5 Å². The molecule has 20 heavy (non-hydrogen) atoms. The molecule has 0 spiro atoms. The van der Waals surface area contributed by atoms with Gasteiger partial charge >= 0.3 is 0 Å². The van der Waals surface area contributed by atoms with Crippen LogP contribution in [0.4, 0.5) is 5.69 Å². The number of nitrogens with one attached hydrogen (secondary N) is 1. The van der Waals surface area contributed by atoms with Crippen molar-refractivity contribution in [3.63, 3.8) is 0 Å². The lowest BCUT2D eigenvalue weighted by molar-refractivity contribution is 0.370. The largest absolute Gasteiger partial charge is 0.479 e. The van der Waals surface area contributed by atoms with Crippen LogP contribution in [-0.4, -0.2) is 11.6 Å². The number of halogens is 2. The highest BCUT2D eigenvalue weighted by molar-refractivity contribution is 7.80. The van der Waals surface area contributed by atoms with E-state index in [9.17, 15) is 0 Å². The van der Waals surface area contributed by atoms with Gasteiger partial charge in [-0.05, 0) is 23.9 Å². The van der Waals surface area contributed by atoms with E-state index >= 15 is 0 Å². The molecular formula is C14H16Cl2N2OS.